The minimum Gasteiger partial charge on any atom is -0.350 e. The number of nitrogens with one attached hydrogen (secondary N) is 2. The Morgan fingerprint density at radius 2 is 2.05 bits per heavy atom. The van der Waals surface area contributed by atoms with Crippen molar-refractivity contribution in [2.75, 3.05) is 13.1 Å². The first-order valence-electron chi connectivity index (χ1n) is 7.00. The molecule has 0 bridgehead atoms. The third kappa shape index (κ3) is 3.88. The maximum absolute atomic E-state index is 12.0. The Kier molecular flexibility index (Phi) is 5.05. The van der Waals surface area contributed by atoms with Crippen molar-refractivity contribution in [2.24, 2.45) is 0 Å². The minimum atomic E-state index is -0.385. The first kappa shape index (κ1) is 15.2. The summed E-state index contributed by atoms with van der Waals surface area (Å²) in [5.41, 5.74) is 0.968. The number of nitrogens with zero attached hydrogens (tertiary/aromatic N) is 1. The van der Waals surface area contributed by atoms with E-state index in [4.69, 9.17) is 0 Å². The third-order valence-electron chi connectivity index (χ3n) is 3.41. The van der Waals surface area contributed by atoms with Crippen molar-refractivity contribution in [1.29, 1.82) is 0 Å². The number of hydrogen-bond acceptors (Lipinski definition) is 4. The van der Waals surface area contributed by atoms with Crippen LogP contribution in [0.2, 0.25) is 0 Å². The van der Waals surface area contributed by atoms with Gasteiger partial charge in [0.2, 0.25) is 17.7 Å². The smallest absolute Gasteiger partial charge is 0.246 e. The Bertz CT molecular complexity index is 530. The second-order valence-corrected chi connectivity index (χ2v) is 4.92. The molecule has 1 heterocycles. The van der Waals surface area contributed by atoms with E-state index < -0.39 is 0 Å². The molecular weight excluding hydrogens is 270 g/mol. The van der Waals surface area contributed by atoms with Gasteiger partial charge in [0.1, 0.15) is 6.54 Å². The Balaban J connectivity index is 1.89. The zero-order chi connectivity index (χ0) is 15.2. The topological polar surface area (TPSA) is 78.5 Å². The van der Waals surface area contributed by atoms with Gasteiger partial charge < -0.3 is 5.32 Å². The molecule has 1 aromatic carbocycles. The van der Waals surface area contributed by atoms with Gasteiger partial charge in [0.25, 0.3) is 0 Å². The fourth-order valence-electron chi connectivity index (χ4n) is 2.19. The summed E-state index contributed by atoms with van der Waals surface area (Å²) in [6.45, 7) is 2.11. The minimum absolute atomic E-state index is 0.0935. The van der Waals surface area contributed by atoms with Crippen molar-refractivity contribution < 1.29 is 14.4 Å². The Morgan fingerprint density at radius 3 is 2.71 bits per heavy atom. The summed E-state index contributed by atoms with van der Waals surface area (Å²) in [4.78, 5) is 36.7. The molecule has 3 amide bonds. The van der Waals surface area contributed by atoms with Crippen LogP contribution in [-0.4, -0.2) is 41.8 Å². The van der Waals surface area contributed by atoms with E-state index in [-0.39, 0.29) is 36.9 Å². The van der Waals surface area contributed by atoms with Crippen LogP contribution in [0.3, 0.4) is 0 Å². The highest BCUT2D eigenvalue weighted by atomic mass is 16.2. The summed E-state index contributed by atoms with van der Waals surface area (Å²) in [5.74, 6) is -1.03. The molecule has 0 radical (unpaired) electrons. The monoisotopic (exact) mass is 289 g/mol. The summed E-state index contributed by atoms with van der Waals surface area (Å²) in [7, 11) is 0. The van der Waals surface area contributed by atoms with E-state index in [9.17, 15) is 14.4 Å². The normalized spacial score (nSPS) is 18.7. The van der Waals surface area contributed by atoms with E-state index in [1.165, 1.54) is 0 Å². The largest absolute Gasteiger partial charge is 0.350 e. The van der Waals surface area contributed by atoms with Crippen LogP contribution in [0.15, 0.2) is 30.3 Å². The first-order valence-corrected chi connectivity index (χ1v) is 7.00. The molecule has 1 aromatic rings. The van der Waals surface area contributed by atoms with Crippen LogP contribution in [0, 0.1) is 0 Å². The Labute approximate surface area is 123 Å². The lowest BCUT2D eigenvalue weighted by atomic mass is 10.1. The number of imide groups is 1. The molecule has 6 heteroatoms. The fraction of sp³-hybridized carbons (Fsp3) is 0.400. The Morgan fingerprint density at radius 1 is 1.33 bits per heavy atom. The van der Waals surface area contributed by atoms with Crippen molar-refractivity contribution in [3.05, 3.63) is 35.9 Å². The molecule has 0 spiro atoms. The molecule has 1 saturated heterocycles. The van der Waals surface area contributed by atoms with Gasteiger partial charge in [-0.2, -0.15) is 0 Å². The number of carbonyl (C=O) groups is 3. The van der Waals surface area contributed by atoms with Crippen LogP contribution in [-0.2, 0) is 20.9 Å². The number of hydrogen-bond donors (Lipinski definition) is 2. The average Bonchev–Trinajstić information content (AvgIpc) is 2.50. The number of benzene rings is 1. The maximum Gasteiger partial charge on any atom is 0.246 e. The van der Waals surface area contributed by atoms with E-state index in [1.54, 1.807) is 0 Å². The Hall–Kier alpha value is -2.21. The maximum atomic E-state index is 12.0. The van der Waals surface area contributed by atoms with Crippen LogP contribution in [0.4, 0.5) is 0 Å². The standard InChI is InChI=1S/C15H19N3O3/c1-2-12-15(21)18(14(20)9-16-12)10-13(19)17-8-11-6-4-3-5-7-11/h3-7,12,16H,2,8-10H2,1H3,(H,17,19). The highest BCUT2D eigenvalue weighted by Gasteiger charge is 2.33. The van der Waals surface area contributed by atoms with Gasteiger partial charge in [0.15, 0.2) is 0 Å². The lowest BCUT2D eigenvalue weighted by molar-refractivity contribution is -0.152. The molecule has 1 unspecified atom stereocenters. The molecule has 2 N–H and O–H groups in total. The van der Waals surface area contributed by atoms with Gasteiger partial charge in [0.05, 0.1) is 12.6 Å². The number of carbonyl (C=O) groups excluding carboxylic acids is 3. The van der Waals surface area contributed by atoms with Gasteiger partial charge in [-0.1, -0.05) is 37.3 Å². The van der Waals surface area contributed by atoms with Crippen molar-refractivity contribution in [3.63, 3.8) is 0 Å². The highest BCUT2D eigenvalue weighted by Crippen LogP contribution is 2.06. The van der Waals surface area contributed by atoms with Gasteiger partial charge in [-0.15, -0.1) is 0 Å². The average molecular weight is 289 g/mol. The molecule has 6 nitrogen and oxygen atoms in total. The lowest BCUT2D eigenvalue weighted by Gasteiger charge is -2.30. The molecule has 0 saturated carbocycles. The third-order valence-corrected chi connectivity index (χ3v) is 3.41. The molecule has 1 fully saturated rings. The van der Waals surface area contributed by atoms with Gasteiger partial charge >= 0.3 is 0 Å². The highest BCUT2D eigenvalue weighted by molar-refractivity contribution is 6.03. The van der Waals surface area contributed by atoms with Crippen molar-refractivity contribution in [1.82, 2.24) is 15.5 Å². The second kappa shape index (κ2) is 6.99. The fourth-order valence-corrected chi connectivity index (χ4v) is 2.19. The molecule has 0 aromatic heterocycles. The van der Waals surface area contributed by atoms with Crippen LogP contribution < -0.4 is 10.6 Å². The van der Waals surface area contributed by atoms with Crippen LogP contribution in [0.1, 0.15) is 18.9 Å². The molecule has 1 aliphatic heterocycles. The zero-order valence-electron chi connectivity index (χ0n) is 12.0. The zero-order valence-corrected chi connectivity index (χ0v) is 12.0. The van der Waals surface area contributed by atoms with Gasteiger partial charge in [-0.25, -0.2) is 0 Å². The van der Waals surface area contributed by atoms with Crippen LogP contribution in [0.5, 0.6) is 0 Å². The van der Waals surface area contributed by atoms with Crippen LogP contribution in [0.25, 0.3) is 0 Å². The summed E-state index contributed by atoms with van der Waals surface area (Å²) in [6, 6.07) is 9.08. The number of piperazine rings is 1. The summed E-state index contributed by atoms with van der Waals surface area (Å²) in [6.07, 6.45) is 0.592. The molecule has 0 aliphatic carbocycles. The SMILES string of the molecule is CCC1NCC(=O)N(CC(=O)NCc2ccccc2)C1=O. The molecule has 1 atom stereocenters. The summed E-state index contributed by atoms with van der Waals surface area (Å²) < 4.78 is 0. The molecule has 112 valence electrons. The molecular formula is C15H19N3O3. The predicted molar refractivity (Wildman–Crippen MR) is 77.1 cm³/mol. The van der Waals surface area contributed by atoms with Crippen LogP contribution >= 0.6 is 0 Å². The van der Waals surface area contributed by atoms with Gasteiger partial charge in [0, 0.05) is 6.54 Å². The quantitative estimate of drug-likeness (QED) is 0.750. The molecule has 1 aliphatic rings. The van der Waals surface area contributed by atoms with Crippen molar-refractivity contribution in [2.45, 2.75) is 25.9 Å². The van der Waals surface area contributed by atoms with E-state index in [0.717, 1.165) is 10.5 Å². The molecule has 2 rings (SSSR count). The number of amides is 3. The van der Waals surface area contributed by atoms with E-state index >= 15 is 0 Å². The van der Waals surface area contributed by atoms with Gasteiger partial charge in [-0.3, -0.25) is 24.6 Å². The van der Waals surface area contributed by atoms with Crippen molar-refractivity contribution >= 4 is 17.7 Å². The van der Waals surface area contributed by atoms with E-state index in [0.29, 0.717) is 13.0 Å². The molecule has 21 heavy (non-hydrogen) atoms. The van der Waals surface area contributed by atoms with Gasteiger partial charge in [-0.05, 0) is 12.0 Å². The number of rotatable bonds is 5. The van der Waals surface area contributed by atoms with E-state index in [1.807, 2.05) is 37.3 Å². The summed E-state index contributed by atoms with van der Waals surface area (Å²) >= 11 is 0. The first-order chi connectivity index (χ1) is 10.1. The van der Waals surface area contributed by atoms with Crippen molar-refractivity contribution in [3.8, 4) is 0 Å². The second-order valence-electron chi connectivity index (χ2n) is 4.92. The summed E-state index contributed by atoms with van der Waals surface area (Å²) in [5, 5.41) is 5.57. The van der Waals surface area contributed by atoms with E-state index in [2.05, 4.69) is 10.6 Å². The lowest BCUT2D eigenvalue weighted by Crippen LogP contribution is -2.59. The predicted octanol–water partition coefficient (Wildman–Crippen LogP) is 0.0398.